The van der Waals surface area contributed by atoms with Crippen molar-refractivity contribution in [1.82, 2.24) is 4.90 Å². The summed E-state index contributed by atoms with van der Waals surface area (Å²) < 4.78 is 5.65. The summed E-state index contributed by atoms with van der Waals surface area (Å²) in [6.45, 7) is 5.68. The van der Waals surface area contributed by atoms with E-state index in [9.17, 15) is 9.59 Å². The van der Waals surface area contributed by atoms with Crippen molar-refractivity contribution in [3.63, 3.8) is 0 Å². The highest BCUT2D eigenvalue weighted by Gasteiger charge is 2.37. The zero-order valence-electron chi connectivity index (χ0n) is 14.7. The molecular formula is C18H31NO4. The number of hydrogen-bond acceptors (Lipinski definition) is 3. The van der Waals surface area contributed by atoms with Gasteiger partial charge in [-0.25, -0.2) is 4.79 Å². The molecule has 0 heterocycles. The lowest BCUT2D eigenvalue weighted by atomic mass is 9.83. The maximum absolute atomic E-state index is 12.8. The van der Waals surface area contributed by atoms with Gasteiger partial charge in [-0.2, -0.15) is 0 Å². The molecule has 0 radical (unpaired) electrons. The van der Waals surface area contributed by atoms with E-state index in [2.05, 4.69) is 0 Å². The molecule has 1 amide bonds. The van der Waals surface area contributed by atoms with Crippen molar-refractivity contribution in [2.75, 3.05) is 0 Å². The zero-order valence-corrected chi connectivity index (χ0v) is 14.7. The standard InChI is InChI=1S/C18H31NO4/c1-18(2,3)23-17(22)19(14-7-5-4-6-8-14)15-11-9-13(10-12-15)16(20)21/h13-15H,4-12H2,1-3H3,(H,20,21). The van der Waals surface area contributed by atoms with Gasteiger partial charge in [0.25, 0.3) is 0 Å². The Hall–Kier alpha value is -1.26. The minimum Gasteiger partial charge on any atom is -0.481 e. The van der Waals surface area contributed by atoms with Gasteiger partial charge in [-0.3, -0.25) is 4.79 Å². The SMILES string of the molecule is CC(C)(C)OC(=O)N(C1CCCCC1)C1CCC(C(=O)O)CC1. The van der Waals surface area contributed by atoms with Crippen LogP contribution in [0.2, 0.25) is 0 Å². The summed E-state index contributed by atoms with van der Waals surface area (Å²) >= 11 is 0. The Morgan fingerprint density at radius 2 is 1.43 bits per heavy atom. The van der Waals surface area contributed by atoms with Gasteiger partial charge in [0.15, 0.2) is 0 Å². The quantitative estimate of drug-likeness (QED) is 0.844. The predicted molar refractivity (Wildman–Crippen MR) is 88.3 cm³/mol. The van der Waals surface area contributed by atoms with Gasteiger partial charge in [0, 0.05) is 12.1 Å². The summed E-state index contributed by atoms with van der Waals surface area (Å²) in [6.07, 6.45) is 8.28. The molecule has 0 atom stereocenters. The zero-order chi connectivity index (χ0) is 17.0. The van der Waals surface area contributed by atoms with Crippen LogP contribution in [0.25, 0.3) is 0 Å². The molecule has 0 bridgehead atoms. The number of carboxylic acids is 1. The van der Waals surface area contributed by atoms with E-state index < -0.39 is 11.6 Å². The molecule has 0 saturated heterocycles. The second-order valence-electron chi connectivity index (χ2n) is 8.02. The Morgan fingerprint density at radius 1 is 0.913 bits per heavy atom. The van der Waals surface area contributed by atoms with Crippen LogP contribution in [0, 0.1) is 5.92 Å². The smallest absolute Gasteiger partial charge is 0.410 e. The molecule has 0 aliphatic heterocycles. The van der Waals surface area contributed by atoms with E-state index in [0.717, 1.165) is 38.5 Å². The lowest BCUT2D eigenvalue weighted by Crippen LogP contribution is -2.51. The second-order valence-corrected chi connectivity index (χ2v) is 8.02. The van der Waals surface area contributed by atoms with E-state index >= 15 is 0 Å². The van der Waals surface area contributed by atoms with Gasteiger partial charge < -0.3 is 14.7 Å². The Balaban J connectivity index is 2.07. The first-order chi connectivity index (χ1) is 10.8. The fourth-order valence-corrected chi connectivity index (χ4v) is 3.87. The van der Waals surface area contributed by atoms with Gasteiger partial charge in [-0.05, 0) is 59.3 Å². The first-order valence-corrected chi connectivity index (χ1v) is 9.02. The highest BCUT2D eigenvalue weighted by molar-refractivity contribution is 5.71. The summed E-state index contributed by atoms with van der Waals surface area (Å²) in [5, 5.41) is 9.17. The average Bonchev–Trinajstić information content (AvgIpc) is 2.47. The van der Waals surface area contributed by atoms with Crippen molar-refractivity contribution in [1.29, 1.82) is 0 Å². The van der Waals surface area contributed by atoms with Crippen molar-refractivity contribution in [2.24, 2.45) is 5.92 Å². The number of carbonyl (C=O) groups excluding carboxylic acids is 1. The molecule has 2 aliphatic carbocycles. The van der Waals surface area contributed by atoms with Crippen LogP contribution in [-0.4, -0.2) is 39.8 Å². The highest BCUT2D eigenvalue weighted by atomic mass is 16.6. The van der Waals surface area contributed by atoms with E-state index in [0.29, 0.717) is 12.8 Å². The molecule has 0 aromatic heterocycles. The number of ether oxygens (including phenoxy) is 1. The molecule has 0 spiro atoms. The lowest BCUT2D eigenvalue weighted by Gasteiger charge is -2.42. The molecule has 132 valence electrons. The topological polar surface area (TPSA) is 66.8 Å². The van der Waals surface area contributed by atoms with Crippen molar-refractivity contribution in [3.05, 3.63) is 0 Å². The van der Waals surface area contributed by atoms with E-state index in [-0.39, 0.29) is 24.1 Å². The molecule has 2 aliphatic rings. The molecule has 23 heavy (non-hydrogen) atoms. The molecule has 1 N–H and O–H groups in total. The number of rotatable bonds is 3. The van der Waals surface area contributed by atoms with Crippen LogP contribution in [0.4, 0.5) is 4.79 Å². The summed E-state index contributed by atoms with van der Waals surface area (Å²) in [5.41, 5.74) is -0.498. The molecule has 0 aromatic rings. The van der Waals surface area contributed by atoms with Crippen LogP contribution in [0.15, 0.2) is 0 Å². The molecule has 0 unspecified atom stereocenters. The fourth-order valence-electron chi connectivity index (χ4n) is 3.87. The van der Waals surface area contributed by atoms with E-state index in [1.54, 1.807) is 0 Å². The largest absolute Gasteiger partial charge is 0.481 e. The van der Waals surface area contributed by atoms with Gasteiger partial charge in [0.2, 0.25) is 0 Å². The van der Waals surface area contributed by atoms with Crippen molar-refractivity contribution >= 4 is 12.1 Å². The van der Waals surface area contributed by atoms with Crippen molar-refractivity contribution in [3.8, 4) is 0 Å². The molecule has 2 saturated carbocycles. The van der Waals surface area contributed by atoms with Crippen LogP contribution in [0.5, 0.6) is 0 Å². The lowest BCUT2D eigenvalue weighted by molar-refractivity contribution is -0.143. The molecule has 0 aromatic carbocycles. The van der Waals surface area contributed by atoms with Crippen LogP contribution < -0.4 is 0 Å². The molecule has 2 rings (SSSR count). The van der Waals surface area contributed by atoms with Gasteiger partial charge in [0.05, 0.1) is 5.92 Å². The van der Waals surface area contributed by atoms with Gasteiger partial charge in [-0.15, -0.1) is 0 Å². The van der Waals surface area contributed by atoms with Gasteiger partial charge >= 0.3 is 12.1 Å². The number of carbonyl (C=O) groups is 2. The Bertz CT molecular complexity index is 415. The third-order valence-corrected chi connectivity index (χ3v) is 5.01. The summed E-state index contributed by atoms with van der Waals surface area (Å²) in [7, 11) is 0. The Kier molecular flexibility index (Phi) is 5.93. The van der Waals surface area contributed by atoms with Crippen LogP contribution >= 0.6 is 0 Å². The van der Waals surface area contributed by atoms with E-state index in [4.69, 9.17) is 9.84 Å². The average molecular weight is 325 g/mol. The monoisotopic (exact) mass is 325 g/mol. The van der Waals surface area contributed by atoms with E-state index in [1.807, 2.05) is 25.7 Å². The van der Waals surface area contributed by atoms with Crippen LogP contribution in [-0.2, 0) is 9.53 Å². The Labute approximate surface area is 139 Å². The number of nitrogens with zero attached hydrogens (tertiary/aromatic N) is 1. The first-order valence-electron chi connectivity index (χ1n) is 9.02. The maximum Gasteiger partial charge on any atom is 0.410 e. The highest BCUT2D eigenvalue weighted by Crippen LogP contribution is 2.33. The van der Waals surface area contributed by atoms with Crippen LogP contribution in [0.1, 0.15) is 78.6 Å². The first kappa shape index (κ1) is 18.1. The summed E-state index contributed by atoms with van der Waals surface area (Å²) in [6, 6.07) is 0.383. The third-order valence-electron chi connectivity index (χ3n) is 5.01. The van der Waals surface area contributed by atoms with Crippen molar-refractivity contribution in [2.45, 2.75) is 96.2 Å². The second kappa shape index (κ2) is 7.54. The summed E-state index contributed by atoms with van der Waals surface area (Å²) in [5.74, 6) is -0.956. The molecule has 2 fully saturated rings. The number of hydrogen-bond donors (Lipinski definition) is 1. The fraction of sp³-hybridized carbons (Fsp3) is 0.889. The molecular weight excluding hydrogens is 294 g/mol. The number of aliphatic carboxylic acids is 1. The number of amides is 1. The summed E-state index contributed by atoms with van der Waals surface area (Å²) in [4.78, 5) is 25.9. The molecule has 5 heteroatoms. The van der Waals surface area contributed by atoms with Crippen LogP contribution in [0.3, 0.4) is 0 Å². The number of carboxylic acid groups (broad SMARTS) is 1. The van der Waals surface area contributed by atoms with Crippen molar-refractivity contribution < 1.29 is 19.4 Å². The van der Waals surface area contributed by atoms with Gasteiger partial charge in [0.1, 0.15) is 5.60 Å². The minimum absolute atomic E-state index is 0.128. The minimum atomic E-state index is -0.704. The predicted octanol–water partition coefficient (Wildman–Crippen LogP) is 4.20. The van der Waals surface area contributed by atoms with Gasteiger partial charge in [-0.1, -0.05) is 19.3 Å². The normalized spacial score (nSPS) is 26.6. The van der Waals surface area contributed by atoms with E-state index in [1.165, 1.54) is 6.42 Å². The maximum atomic E-state index is 12.8. The molecule has 5 nitrogen and oxygen atoms in total. The Morgan fingerprint density at radius 3 is 1.91 bits per heavy atom. The third kappa shape index (κ3) is 5.11.